The molecule has 1 amide bonds. The second-order valence-corrected chi connectivity index (χ2v) is 1.46. The molecule has 1 aromatic rings. The number of hydrogen-bond acceptors (Lipinski definition) is 2. The van der Waals surface area contributed by atoms with E-state index in [-0.39, 0.29) is 0 Å². The first-order valence-corrected chi connectivity index (χ1v) is 2.46. The summed E-state index contributed by atoms with van der Waals surface area (Å²) >= 11 is 0. The summed E-state index contributed by atoms with van der Waals surface area (Å²) in [6.45, 7) is 0. The van der Waals surface area contributed by atoms with E-state index in [1.54, 1.807) is 30.9 Å². The number of anilines is 1. The van der Waals surface area contributed by atoms with E-state index in [0.717, 1.165) is 0 Å². The highest BCUT2D eigenvalue weighted by Crippen LogP contribution is 1.99. The minimum atomic E-state index is 0.708. The molecule has 0 saturated carbocycles. The lowest BCUT2D eigenvalue weighted by Gasteiger charge is -1.91. The molecule has 0 spiro atoms. The Kier molecular flexibility index (Phi) is 1.80. The number of nitrogens with zero attached hydrogens (tertiary/aromatic N) is 1. The topological polar surface area (TPSA) is 42.0 Å². The Labute approximate surface area is 52.7 Å². The monoisotopic (exact) mass is 121 g/mol. The molecule has 0 aliphatic rings. The third-order valence-electron chi connectivity index (χ3n) is 0.876. The molecular weight excluding hydrogens is 116 g/mol. The maximum atomic E-state index is 9.72. The molecule has 0 bridgehead atoms. The highest BCUT2D eigenvalue weighted by molar-refractivity contribution is 5.71. The molecule has 0 aromatic carbocycles. The average molecular weight is 121 g/mol. The zero-order valence-corrected chi connectivity index (χ0v) is 4.66. The van der Waals surface area contributed by atoms with E-state index in [9.17, 15) is 4.79 Å². The first kappa shape index (κ1) is 5.75. The molecule has 0 aliphatic heterocycles. The van der Waals surface area contributed by atoms with Gasteiger partial charge in [0.05, 0.1) is 0 Å². The normalized spacial score (nSPS) is 8.44. The Balaban J connectivity index is 2.72. The summed E-state index contributed by atoms with van der Waals surface area (Å²) in [5.74, 6) is 0. The number of pyridine rings is 1. The Morgan fingerprint density at radius 1 is 1.44 bits per heavy atom. The molecule has 0 unspecified atom stereocenters. The van der Waals surface area contributed by atoms with Gasteiger partial charge in [-0.15, -0.1) is 0 Å². The largest absolute Gasteiger partial charge is 0.318 e. The van der Waals surface area contributed by atoms with Gasteiger partial charge in [-0.3, -0.25) is 9.78 Å². The van der Waals surface area contributed by atoms with E-state index in [1.807, 2.05) is 0 Å². The molecule has 0 aliphatic carbocycles. The number of amides is 1. The summed E-state index contributed by atoms with van der Waals surface area (Å²) in [5.41, 5.74) is 0.708. The summed E-state index contributed by atoms with van der Waals surface area (Å²) in [4.78, 5) is 13.5. The van der Waals surface area contributed by atoms with Crippen LogP contribution in [0.25, 0.3) is 0 Å². The Bertz CT molecular complexity index is 186. The van der Waals surface area contributed by atoms with E-state index in [0.29, 0.717) is 5.69 Å². The molecule has 45 valence electrons. The summed E-state index contributed by atoms with van der Waals surface area (Å²) in [6.07, 6.45) is 4.75. The number of carbonyl (C=O) groups excluding carboxylic acids is 1. The van der Waals surface area contributed by atoms with E-state index in [2.05, 4.69) is 10.3 Å². The zero-order valence-electron chi connectivity index (χ0n) is 4.66. The van der Waals surface area contributed by atoms with Crippen LogP contribution in [0.2, 0.25) is 0 Å². The van der Waals surface area contributed by atoms with Crippen molar-refractivity contribution in [3.05, 3.63) is 24.5 Å². The van der Waals surface area contributed by atoms with Gasteiger partial charge in [0.15, 0.2) is 0 Å². The van der Waals surface area contributed by atoms with Gasteiger partial charge in [0, 0.05) is 18.1 Å². The third kappa shape index (κ3) is 1.53. The molecule has 1 N–H and O–H groups in total. The number of nitrogens with one attached hydrogen (secondary N) is 1. The lowest BCUT2D eigenvalue weighted by Crippen LogP contribution is -1.92. The summed E-state index contributed by atoms with van der Waals surface area (Å²) in [5, 5.41) is 2.36. The second kappa shape index (κ2) is 2.81. The highest BCUT2D eigenvalue weighted by atomic mass is 16.1. The van der Waals surface area contributed by atoms with Crippen molar-refractivity contribution >= 4 is 12.1 Å². The van der Waals surface area contributed by atoms with Crippen LogP contribution in [0.5, 0.6) is 0 Å². The number of hydrogen-bond donors (Lipinski definition) is 1. The maximum absolute atomic E-state index is 9.72. The Morgan fingerprint density at radius 2 is 2.11 bits per heavy atom. The summed E-state index contributed by atoms with van der Waals surface area (Å²) < 4.78 is 0. The van der Waals surface area contributed by atoms with Gasteiger partial charge in [-0.25, -0.2) is 0 Å². The standard InChI is InChI=1S/C6H5N2O/c9-5-8-6-1-3-7-4-2-6/h1-4H,(H,7,8,9). The van der Waals surface area contributed by atoms with Gasteiger partial charge in [-0.2, -0.15) is 0 Å². The van der Waals surface area contributed by atoms with Crippen molar-refractivity contribution in [3.63, 3.8) is 0 Å². The minimum absolute atomic E-state index is 0.708. The quantitative estimate of drug-likeness (QED) is 0.581. The van der Waals surface area contributed by atoms with Crippen LogP contribution in [0.1, 0.15) is 0 Å². The molecule has 1 heterocycles. The van der Waals surface area contributed by atoms with Gasteiger partial charge in [-0.05, 0) is 12.1 Å². The van der Waals surface area contributed by atoms with E-state index in [1.165, 1.54) is 0 Å². The highest BCUT2D eigenvalue weighted by Gasteiger charge is 1.83. The molecule has 1 aromatic heterocycles. The van der Waals surface area contributed by atoms with Crippen LogP contribution < -0.4 is 5.32 Å². The fourth-order valence-corrected chi connectivity index (χ4v) is 0.494. The van der Waals surface area contributed by atoms with Gasteiger partial charge >= 0.3 is 6.41 Å². The Hall–Kier alpha value is -1.38. The van der Waals surface area contributed by atoms with Gasteiger partial charge in [0.1, 0.15) is 0 Å². The van der Waals surface area contributed by atoms with E-state index in [4.69, 9.17) is 0 Å². The first-order valence-electron chi connectivity index (χ1n) is 2.46. The fraction of sp³-hybridized carbons (Fsp3) is 0. The van der Waals surface area contributed by atoms with E-state index >= 15 is 0 Å². The molecule has 3 heteroatoms. The molecule has 0 saturated heterocycles. The van der Waals surface area contributed by atoms with Crippen LogP contribution in [0.15, 0.2) is 24.5 Å². The van der Waals surface area contributed by atoms with Crippen molar-refractivity contribution in [1.82, 2.24) is 4.98 Å². The van der Waals surface area contributed by atoms with Crippen LogP contribution >= 0.6 is 0 Å². The summed E-state index contributed by atoms with van der Waals surface area (Å²) in [6, 6.07) is 3.37. The van der Waals surface area contributed by atoms with Crippen molar-refractivity contribution < 1.29 is 4.79 Å². The van der Waals surface area contributed by atoms with Crippen molar-refractivity contribution in [2.75, 3.05) is 5.32 Å². The van der Waals surface area contributed by atoms with Crippen LogP contribution in [0.3, 0.4) is 0 Å². The second-order valence-electron chi connectivity index (χ2n) is 1.46. The zero-order chi connectivity index (χ0) is 6.53. The minimum Gasteiger partial charge on any atom is -0.318 e. The van der Waals surface area contributed by atoms with Crippen LogP contribution in [0.4, 0.5) is 5.69 Å². The smallest absolute Gasteiger partial charge is 0.314 e. The molecular formula is C6H5N2O. The van der Waals surface area contributed by atoms with Gasteiger partial charge in [0.25, 0.3) is 0 Å². The lowest BCUT2D eigenvalue weighted by atomic mass is 10.4. The van der Waals surface area contributed by atoms with E-state index < -0.39 is 0 Å². The maximum Gasteiger partial charge on any atom is 0.314 e. The first-order chi connectivity index (χ1) is 4.43. The number of aromatic nitrogens is 1. The van der Waals surface area contributed by atoms with Crippen molar-refractivity contribution in [2.24, 2.45) is 0 Å². The SMILES string of the molecule is O=[C]Nc1ccncc1. The molecule has 9 heavy (non-hydrogen) atoms. The average Bonchev–Trinajstić information content (AvgIpc) is 1.91. The molecule has 1 rings (SSSR count). The van der Waals surface area contributed by atoms with Crippen LogP contribution in [-0.2, 0) is 4.79 Å². The summed E-state index contributed by atoms with van der Waals surface area (Å²) in [7, 11) is 0. The van der Waals surface area contributed by atoms with Gasteiger partial charge < -0.3 is 5.32 Å². The molecule has 0 fully saturated rings. The van der Waals surface area contributed by atoms with Crippen LogP contribution in [0, 0.1) is 0 Å². The molecule has 0 atom stereocenters. The van der Waals surface area contributed by atoms with Crippen LogP contribution in [-0.4, -0.2) is 11.4 Å². The van der Waals surface area contributed by atoms with Crippen molar-refractivity contribution in [1.29, 1.82) is 0 Å². The molecule has 1 radical (unpaired) electrons. The molecule has 3 nitrogen and oxygen atoms in total. The number of rotatable bonds is 2. The van der Waals surface area contributed by atoms with Gasteiger partial charge in [-0.1, -0.05) is 0 Å². The lowest BCUT2D eigenvalue weighted by molar-refractivity contribution is 0.561. The third-order valence-corrected chi connectivity index (χ3v) is 0.876. The predicted molar refractivity (Wildman–Crippen MR) is 33.6 cm³/mol. The van der Waals surface area contributed by atoms with Crippen molar-refractivity contribution in [2.45, 2.75) is 0 Å². The predicted octanol–water partition coefficient (Wildman–Crippen LogP) is 0.561. The van der Waals surface area contributed by atoms with Crippen molar-refractivity contribution in [3.8, 4) is 0 Å². The van der Waals surface area contributed by atoms with Gasteiger partial charge in [0.2, 0.25) is 0 Å². The Morgan fingerprint density at radius 3 is 2.67 bits per heavy atom. The fourth-order valence-electron chi connectivity index (χ4n) is 0.494.